The second-order valence-electron chi connectivity index (χ2n) is 12.6. The lowest BCUT2D eigenvalue weighted by atomic mass is 9.86. The van der Waals surface area contributed by atoms with Crippen molar-refractivity contribution in [3.63, 3.8) is 0 Å². The van der Waals surface area contributed by atoms with Crippen LogP contribution in [-0.2, 0) is 9.59 Å². The Bertz CT molecular complexity index is 937. The molecule has 2 amide bonds. The molecular weight excluding hydrogens is 448 g/mol. The predicted octanol–water partition coefficient (Wildman–Crippen LogP) is 4.87. The summed E-state index contributed by atoms with van der Waals surface area (Å²) in [6.45, 7) is 18.5. The zero-order chi connectivity index (χ0) is 26.3. The highest BCUT2D eigenvalue weighted by atomic mass is 19.1. The van der Waals surface area contributed by atoms with Gasteiger partial charge in [0, 0.05) is 55.8 Å². The van der Waals surface area contributed by atoms with E-state index in [9.17, 15) is 18.4 Å². The Morgan fingerprint density at radius 2 is 1.54 bits per heavy atom. The van der Waals surface area contributed by atoms with Gasteiger partial charge in [-0.25, -0.2) is 8.78 Å². The predicted molar refractivity (Wildman–Crippen MR) is 135 cm³/mol. The van der Waals surface area contributed by atoms with E-state index in [4.69, 9.17) is 0 Å². The fourth-order valence-corrected chi connectivity index (χ4v) is 5.18. The van der Waals surface area contributed by atoms with E-state index < -0.39 is 17.6 Å². The number of rotatable bonds is 4. The fourth-order valence-electron chi connectivity index (χ4n) is 5.18. The lowest BCUT2D eigenvalue weighted by Crippen LogP contribution is -2.61. The quantitative estimate of drug-likeness (QED) is 0.605. The molecule has 0 aliphatic carbocycles. The van der Waals surface area contributed by atoms with E-state index in [1.165, 1.54) is 12.1 Å². The van der Waals surface area contributed by atoms with Gasteiger partial charge >= 0.3 is 0 Å². The SMILES string of the molecule is C[C@@H]1CN(C(=O)[C@@H]2CN(C(C)(C)C)C[C@H]2c2ccc(F)cc2F)[C@@H](C)CN1C(=O)[CH]CC(C)(C)C. The van der Waals surface area contributed by atoms with Crippen LogP contribution in [0.3, 0.4) is 0 Å². The Labute approximate surface area is 209 Å². The largest absolute Gasteiger partial charge is 0.336 e. The van der Waals surface area contributed by atoms with Gasteiger partial charge in [0.1, 0.15) is 11.6 Å². The molecule has 2 aliphatic rings. The van der Waals surface area contributed by atoms with Crippen LogP contribution < -0.4 is 0 Å². The topological polar surface area (TPSA) is 43.9 Å². The van der Waals surface area contributed by atoms with E-state index in [0.717, 1.165) is 6.07 Å². The summed E-state index contributed by atoms with van der Waals surface area (Å²) in [5.41, 5.74) is 0.244. The van der Waals surface area contributed by atoms with Crippen LogP contribution in [-0.4, -0.2) is 70.3 Å². The molecule has 2 aliphatic heterocycles. The van der Waals surface area contributed by atoms with Crippen LogP contribution in [0.1, 0.15) is 73.3 Å². The Hall–Kier alpha value is -2.02. The summed E-state index contributed by atoms with van der Waals surface area (Å²) < 4.78 is 28.4. The standard InChI is InChI=1S/C28H42F2N3O2/c1-18-15-33(19(2)14-32(18)25(34)11-12-27(3,4)5)26(35)23-17-31(28(6,7)8)16-22(23)21-10-9-20(29)13-24(21)30/h9-11,13,18-19,22-23H,12,14-17H2,1-8H3/t18-,19+,22+,23-/m1/s1. The molecule has 2 saturated heterocycles. The molecule has 3 rings (SSSR count). The minimum Gasteiger partial charge on any atom is -0.336 e. The first-order chi connectivity index (χ1) is 16.1. The van der Waals surface area contributed by atoms with Crippen LogP contribution >= 0.6 is 0 Å². The number of hydrogen-bond acceptors (Lipinski definition) is 3. The van der Waals surface area contributed by atoms with Gasteiger partial charge in [0.15, 0.2) is 0 Å². The Balaban J connectivity index is 1.80. The molecule has 4 atom stereocenters. The number of carbonyl (C=O) groups is 2. The number of carbonyl (C=O) groups excluding carboxylic acids is 2. The number of nitrogens with zero attached hydrogens (tertiary/aromatic N) is 3. The third-order valence-corrected chi connectivity index (χ3v) is 7.39. The molecule has 1 radical (unpaired) electrons. The number of piperazine rings is 1. The van der Waals surface area contributed by atoms with Gasteiger partial charge in [0.2, 0.25) is 11.8 Å². The van der Waals surface area contributed by atoms with Gasteiger partial charge < -0.3 is 9.80 Å². The van der Waals surface area contributed by atoms with Crippen molar-refractivity contribution >= 4 is 11.8 Å². The van der Waals surface area contributed by atoms with Crippen molar-refractivity contribution in [2.75, 3.05) is 26.2 Å². The van der Waals surface area contributed by atoms with E-state index in [-0.39, 0.29) is 40.8 Å². The number of amides is 2. The summed E-state index contributed by atoms with van der Waals surface area (Å²) in [6, 6.07) is 3.39. The lowest BCUT2D eigenvalue weighted by molar-refractivity contribution is -0.147. The maximum atomic E-state index is 14.8. The van der Waals surface area contributed by atoms with Crippen molar-refractivity contribution in [2.24, 2.45) is 11.3 Å². The van der Waals surface area contributed by atoms with Crippen molar-refractivity contribution < 1.29 is 18.4 Å². The molecule has 0 spiro atoms. The van der Waals surface area contributed by atoms with E-state index >= 15 is 0 Å². The van der Waals surface area contributed by atoms with Crippen LogP contribution in [0.2, 0.25) is 0 Å². The number of halogens is 2. The van der Waals surface area contributed by atoms with Crippen LogP contribution in [0.4, 0.5) is 8.78 Å². The number of benzene rings is 1. The lowest BCUT2D eigenvalue weighted by Gasteiger charge is -2.45. The molecule has 1 aromatic carbocycles. The second-order valence-corrected chi connectivity index (χ2v) is 12.6. The van der Waals surface area contributed by atoms with Gasteiger partial charge in [-0.2, -0.15) is 0 Å². The van der Waals surface area contributed by atoms with Crippen LogP contribution in [0.15, 0.2) is 18.2 Å². The maximum Gasteiger partial charge on any atom is 0.228 e. The molecular formula is C28H42F2N3O2. The molecule has 0 aromatic heterocycles. The highest BCUT2D eigenvalue weighted by Gasteiger charge is 2.46. The average molecular weight is 491 g/mol. The van der Waals surface area contributed by atoms with Gasteiger partial charge in [-0.05, 0) is 58.1 Å². The average Bonchev–Trinajstić information content (AvgIpc) is 3.18. The van der Waals surface area contributed by atoms with E-state index in [1.807, 2.05) is 23.6 Å². The summed E-state index contributed by atoms with van der Waals surface area (Å²) in [5.74, 6) is -2.02. The summed E-state index contributed by atoms with van der Waals surface area (Å²) in [5, 5.41) is 0. The third-order valence-electron chi connectivity index (χ3n) is 7.39. The Kier molecular flexibility index (Phi) is 8.00. The van der Waals surface area contributed by atoms with Crippen LogP contribution in [0, 0.1) is 29.4 Å². The van der Waals surface area contributed by atoms with Crippen molar-refractivity contribution in [3.05, 3.63) is 41.8 Å². The smallest absolute Gasteiger partial charge is 0.228 e. The van der Waals surface area contributed by atoms with Gasteiger partial charge in [0.25, 0.3) is 0 Å². The van der Waals surface area contributed by atoms with Crippen molar-refractivity contribution in [1.29, 1.82) is 0 Å². The zero-order valence-corrected chi connectivity index (χ0v) is 22.6. The molecule has 2 heterocycles. The molecule has 0 saturated carbocycles. The first-order valence-corrected chi connectivity index (χ1v) is 12.7. The van der Waals surface area contributed by atoms with E-state index in [1.54, 1.807) is 6.42 Å². The maximum absolute atomic E-state index is 14.8. The molecule has 0 unspecified atom stereocenters. The molecule has 5 nitrogen and oxygen atoms in total. The first-order valence-electron chi connectivity index (χ1n) is 12.7. The molecule has 1 aromatic rings. The normalized spacial score (nSPS) is 26.3. The molecule has 195 valence electrons. The third kappa shape index (κ3) is 6.41. The number of hydrogen-bond donors (Lipinski definition) is 0. The van der Waals surface area contributed by atoms with Crippen molar-refractivity contribution in [3.8, 4) is 0 Å². The van der Waals surface area contributed by atoms with Crippen LogP contribution in [0.25, 0.3) is 0 Å². The van der Waals surface area contributed by atoms with Gasteiger partial charge in [0.05, 0.1) is 12.3 Å². The molecule has 0 N–H and O–H groups in total. The summed E-state index contributed by atoms with van der Waals surface area (Å²) in [7, 11) is 0. The van der Waals surface area contributed by atoms with E-state index in [0.29, 0.717) is 38.2 Å². The minimum absolute atomic E-state index is 0.0115. The first kappa shape index (κ1) is 27.6. The molecule has 0 bridgehead atoms. The Morgan fingerprint density at radius 1 is 0.943 bits per heavy atom. The van der Waals surface area contributed by atoms with E-state index in [2.05, 4.69) is 46.4 Å². The summed E-state index contributed by atoms with van der Waals surface area (Å²) in [4.78, 5) is 32.7. The second kappa shape index (κ2) is 10.2. The van der Waals surface area contributed by atoms with Crippen molar-refractivity contribution in [1.82, 2.24) is 14.7 Å². The fraction of sp³-hybridized carbons (Fsp3) is 0.679. The molecule has 7 heteroatoms. The monoisotopic (exact) mass is 490 g/mol. The Morgan fingerprint density at radius 3 is 2.11 bits per heavy atom. The molecule has 35 heavy (non-hydrogen) atoms. The van der Waals surface area contributed by atoms with Crippen molar-refractivity contribution in [2.45, 2.75) is 85.4 Å². The van der Waals surface area contributed by atoms with Gasteiger partial charge in [-0.15, -0.1) is 0 Å². The molecule has 2 fully saturated rings. The summed E-state index contributed by atoms with van der Waals surface area (Å²) in [6.07, 6.45) is 2.45. The van der Waals surface area contributed by atoms with Gasteiger partial charge in [-0.1, -0.05) is 26.8 Å². The van der Waals surface area contributed by atoms with Gasteiger partial charge in [-0.3, -0.25) is 14.5 Å². The summed E-state index contributed by atoms with van der Waals surface area (Å²) >= 11 is 0. The minimum atomic E-state index is -0.619. The number of likely N-dealkylation sites (tertiary alicyclic amines) is 1. The highest BCUT2D eigenvalue weighted by Crippen LogP contribution is 2.39. The van der Waals surface area contributed by atoms with Crippen LogP contribution in [0.5, 0.6) is 0 Å². The highest BCUT2D eigenvalue weighted by molar-refractivity contribution is 5.86. The zero-order valence-electron chi connectivity index (χ0n) is 22.6.